The van der Waals surface area contributed by atoms with Crippen molar-refractivity contribution in [2.45, 2.75) is 26.0 Å². The lowest BCUT2D eigenvalue weighted by Gasteiger charge is -2.17. The minimum absolute atomic E-state index is 0.125. The number of rotatable bonds is 6. The highest BCUT2D eigenvalue weighted by atomic mass is 35.5. The van der Waals surface area contributed by atoms with E-state index in [1.54, 1.807) is 18.3 Å². The molecule has 5 nitrogen and oxygen atoms in total. The summed E-state index contributed by atoms with van der Waals surface area (Å²) in [6.07, 6.45) is 1.52. The van der Waals surface area contributed by atoms with Crippen LogP contribution < -0.4 is 15.4 Å². The average molecular weight is 340 g/mol. The number of aromatic nitrogens is 1. The van der Waals surface area contributed by atoms with Crippen LogP contribution in [0.1, 0.15) is 24.9 Å². The van der Waals surface area contributed by atoms with E-state index in [9.17, 15) is 4.79 Å². The van der Waals surface area contributed by atoms with Gasteiger partial charge in [0.15, 0.2) is 0 Å². The van der Waals surface area contributed by atoms with Crippen molar-refractivity contribution in [3.8, 4) is 5.75 Å². The van der Waals surface area contributed by atoms with Crippen LogP contribution in [0.2, 0.25) is 5.02 Å². The molecule has 0 aliphatic carbocycles. The molecule has 1 aromatic carbocycles. The molecule has 0 unspecified atom stereocenters. The maximum Gasteiger partial charge on any atom is 0.315 e. The fourth-order valence-corrected chi connectivity index (χ4v) is 2.62. The maximum atomic E-state index is 11.8. The first-order valence-electron chi connectivity index (χ1n) is 6.91. The van der Waals surface area contributed by atoms with Crippen molar-refractivity contribution >= 4 is 29.0 Å². The van der Waals surface area contributed by atoms with Gasteiger partial charge in [0.2, 0.25) is 0 Å². The van der Waals surface area contributed by atoms with Gasteiger partial charge >= 0.3 is 6.03 Å². The lowest BCUT2D eigenvalue weighted by molar-refractivity contribution is 0.206. The van der Waals surface area contributed by atoms with Gasteiger partial charge in [0.1, 0.15) is 16.9 Å². The van der Waals surface area contributed by atoms with Crippen LogP contribution in [0.5, 0.6) is 5.75 Å². The second-order valence-corrected chi connectivity index (χ2v) is 6.14. The number of benzene rings is 1. The zero-order valence-electron chi connectivity index (χ0n) is 12.4. The fraction of sp³-hybridized carbons (Fsp3) is 0.333. The minimum Gasteiger partial charge on any atom is -0.487 e. The highest BCUT2D eigenvalue weighted by Gasteiger charge is 2.13. The van der Waals surface area contributed by atoms with E-state index in [0.29, 0.717) is 17.3 Å². The third-order valence-electron chi connectivity index (χ3n) is 2.88. The smallest absolute Gasteiger partial charge is 0.315 e. The van der Waals surface area contributed by atoms with E-state index in [-0.39, 0.29) is 18.2 Å². The van der Waals surface area contributed by atoms with Crippen LogP contribution in [0, 0.1) is 0 Å². The third-order valence-corrected chi connectivity index (χ3v) is 4.15. The normalized spacial score (nSPS) is 13.2. The van der Waals surface area contributed by atoms with Crippen molar-refractivity contribution in [1.29, 1.82) is 0 Å². The molecule has 0 fully saturated rings. The number of para-hydroxylation sites is 1. The molecule has 0 bridgehead atoms. The lowest BCUT2D eigenvalue weighted by Crippen LogP contribution is -2.41. The number of carbonyl (C=O) groups is 1. The molecule has 2 N–H and O–H groups in total. The van der Waals surface area contributed by atoms with Crippen molar-refractivity contribution in [2.24, 2.45) is 0 Å². The number of halogens is 1. The molecule has 2 atom stereocenters. The second-order valence-electron chi connectivity index (χ2n) is 4.81. The number of hydrogen-bond acceptors (Lipinski definition) is 4. The van der Waals surface area contributed by atoms with E-state index in [4.69, 9.17) is 16.3 Å². The molecule has 0 radical (unpaired) electrons. The zero-order chi connectivity index (χ0) is 15.9. The number of hydrogen-bond donors (Lipinski definition) is 2. The van der Waals surface area contributed by atoms with Crippen molar-refractivity contribution in [1.82, 2.24) is 15.6 Å². The molecule has 1 aromatic heterocycles. The number of carbonyl (C=O) groups excluding carboxylic acids is 1. The molecule has 0 aliphatic heterocycles. The Hall–Kier alpha value is -1.79. The van der Waals surface area contributed by atoms with Crippen molar-refractivity contribution in [3.05, 3.63) is 45.9 Å². The highest BCUT2D eigenvalue weighted by Crippen LogP contribution is 2.24. The molecule has 0 saturated carbocycles. The third kappa shape index (κ3) is 4.89. The monoisotopic (exact) mass is 339 g/mol. The van der Waals surface area contributed by atoms with Crippen LogP contribution in [0.25, 0.3) is 0 Å². The summed E-state index contributed by atoms with van der Waals surface area (Å²) in [4.78, 5) is 16.0. The molecular weight excluding hydrogens is 322 g/mol. The number of thiazole rings is 1. The highest BCUT2D eigenvalue weighted by molar-refractivity contribution is 7.09. The number of nitrogens with one attached hydrogen (secondary N) is 2. The molecule has 0 aliphatic rings. The topological polar surface area (TPSA) is 63.2 Å². The molecule has 7 heteroatoms. The van der Waals surface area contributed by atoms with Crippen LogP contribution in [0.15, 0.2) is 35.8 Å². The van der Waals surface area contributed by atoms with E-state index in [1.165, 1.54) is 11.3 Å². The molecule has 22 heavy (non-hydrogen) atoms. The van der Waals surface area contributed by atoms with Gasteiger partial charge in [-0.3, -0.25) is 0 Å². The maximum absolute atomic E-state index is 11.8. The largest absolute Gasteiger partial charge is 0.487 e. The number of ether oxygens (including phenoxy) is 1. The van der Waals surface area contributed by atoms with Crippen LogP contribution in [0.4, 0.5) is 4.79 Å². The Morgan fingerprint density at radius 2 is 2.18 bits per heavy atom. The van der Waals surface area contributed by atoms with Crippen molar-refractivity contribution in [2.75, 3.05) is 6.54 Å². The van der Waals surface area contributed by atoms with Crippen LogP contribution >= 0.6 is 22.9 Å². The van der Waals surface area contributed by atoms with Crippen LogP contribution in [-0.2, 0) is 0 Å². The Bertz CT molecular complexity index is 607. The fourth-order valence-electron chi connectivity index (χ4n) is 1.79. The van der Waals surface area contributed by atoms with Gasteiger partial charge < -0.3 is 15.4 Å². The Labute approximate surface area is 138 Å². The van der Waals surface area contributed by atoms with Gasteiger partial charge in [-0.25, -0.2) is 9.78 Å². The summed E-state index contributed by atoms with van der Waals surface area (Å²) >= 11 is 7.53. The first-order valence-corrected chi connectivity index (χ1v) is 8.17. The molecular formula is C15H18ClN3O2S. The number of nitrogens with zero attached hydrogens (tertiary/aromatic N) is 1. The number of urea groups is 1. The van der Waals surface area contributed by atoms with Crippen molar-refractivity contribution in [3.63, 3.8) is 0 Å². The standard InChI is InChI=1S/C15H18ClN3O2S/c1-10(21-13-6-4-3-5-12(13)16)9-18-15(20)19-11(2)14-17-7-8-22-14/h3-8,10-11H,9H2,1-2H3,(H2,18,19,20)/t10-,11+/m0/s1. The molecule has 2 rings (SSSR count). The van der Waals surface area contributed by atoms with Gasteiger partial charge in [0.05, 0.1) is 17.6 Å². The summed E-state index contributed by atoms with van der Waals surface area (Å²) in [6.45, 7) is 4.14. The first-order chi connectivity index (χ1) is 10.6. The molecule has 1 heterocycles. The summed E-state index contributed by atoms with van der Waals surface area (Å²) < 4.78 is 5.69. The summed E-state index contributed by atoms with van der Waals surface area (Å²) in [7, 11) is 0. The number of amides is 2. The summed E-state index contributed by atoms with van der Waals surface area (Å²) in [5.41, 5.74) is 0. The van der Waals surface area contributed by atoms with Gasteiger partial charge in [0.25, 0.3) is 0 Å². The quantitative estimate of drug-likeness (QED) is 0.844. The van der Waals surface area contributed by atoms with Crippen LogP contribution in [-0.4, -0.2) is 23.7 Å². The van der Waals surface area contributed by atoms with Gasteiger partial charge in [-0.15, -0.1) is 11.3 Å². The van der Waals surface area contributed by atoms with E-state index in [1.807, 2.05) is 31.4 Å². The van der Waals surface area contributed by atoms with Gasteiger partial charge in [-0.2, -0.15) is 0 Å². The zero-order valence-corrected chi connectivity index (χ0v) is 13.9. The molecule has 2 aromatic rings. The second kappa shape index (κ2) is 8.00. The van der Waals surface area contributed by atoms with Crippen molar-refractivity contribution < 1.29 is 9.53 Å². The average Bonchev–Trinajstić information content (AvgIpc) is 3.02. The van der Waals surface area contributed by atoms with Crippen LogP contribution in [0.3, 0.4) is 0 Å². The Balaban J connectivity index is 1.75. The summed E-state index contributed by atoms with van der Waals surface area (Å²) in [5.74, 6) is 0.607. The Morgan fingerprint density at radius 3 is 2.86 bits per heavy atom. The Morgan fingerprint density at radius 1 is 1.41 bits per heavy atom. The van der Waals surface area contributed by atoms with E-state index < -0.39 is 0 Å². The van der Waals surface area contributed by atoms with E-state index in [0.717, 1.165) is 5.01 Å². The summed E-state index contributed by atoms with van der Waals surface area (Å²) in [6, 6.07) is 6.87. The molecule has 118 valence electrons. The summed E-state index contributed by atoms with van der Waals surface area (Å²) in [5, 5.41) is 8.91. The molecule has 2 amide bonds. The Kier molecular flexibility index (Phi) is 6.03. The first kappa shape index (κ1) is 16.6. The van der Waals surface area contributed by atoms with E-state index in [2.05, 4.69) is 15.6 Å². The predicted octanol–water partition coefficient (Wildman–Crippen LogP) is 3.62. The molecule has 0 saturated heterocycles. The van der Waals surface area contributed by atoms with Gasteiger partial charge in [-0.05, 0) is 26.0 Å². The van der Waals surface area contributed by atoms with Gasteiger partial charge in [-0.1, -0.05) is 23.7 Å². The SMILES string of the molecule is C[C@@H](CNC(=O)N[C@H](C)c1nccs1)Oc1ccccc1Cl. The van der Waals surface area contributed by atoms with Gasteiger partial charge in [0, 0.05) is 11.6 Å². The minimum atomic E-state index is -0.252. The van der Waals surface area contributed by atoms with E-state index >= 15 is 0 Å². The lowest BCUT2D eigenvalue weighted by atomic mass is 10.3. The molecule has 0 spiro atoms. The predicted molar refractivity (Wildman–Crippen MR) is 88.6 cm³/mol.